The van der Waals surface area contributed by atoms with Gasteiger partial charge < -0.3 is 10.1 Å². The molecule has 0 saturated carbocycles. The number of rotatable bonds is 5. The number of nitrogens with zero attached hydrogens (tertiary/aromatic N) is 4. The largest absolute Gasteiger partial charge is 0.484 e. The smallest absolute Gasteiger partial charge is 0.262 e. The van der Waals surface area contributed by atoms with Crippen LogP contribution < -0.4 is 10.1 Å². The second kappa shape index (κ2) is 7.10. The Labute approximate surface area is 143 Å². The number of ether oxygens (including phenoxy) is 1. The lowest BCUT2D eigenvalue weighted by Gasteiger charge is -2.10. The minimum Gasteiger partial charge on any atom is -0.484 e. The normalized spacial score (nSPS) is 10.4. The Morgan fingerprint density at radius 2 is 2.04 bits per heavy atom. The molecule has 0 unspecified atom stereocenters. The predicted octanol–water partition coefficient (Wildman–Crippen LogP) is 2.64. The highest BCUT2D eigenvalue weighted by atomic mass is 35.5. The van der Waals surface area contributed by atoms with E-state index in [0.29, 0.717) is 16.5 Å². The number of anilines is 1. The zero-order chi connectivity index (χ0) is 16.9. The standard InChI is InChI=1S/C16H14ClN5O2/c1-11-8-12(17)2-7-15(11)19-16(23)9-24-14-5-3-13(4-6-14)22-10-18-20-21-22/h2-8,10H,9H2,1H3,(H,19,23). The minimum absolute atomic E-state index is 0.0910. The summed E-state index contributed by atoms with van der Waals surface area (Å²) in [6, 6.07) is 12.4. The zero-order valence-electron chi connectivity index (χ0n) is 12.8. The van der Waals surface area contributed by atoms with Gasteiger partial charge in [-0.3, -0.25) is 4.79 Å². The first kappa shape index (κ1) is 15.9. The molecule has 0 saturated heterocycles. The summed E-state index contributed by atoms with van der Waals surface area (Å²) in [5, 5.41) is 14.4. The molecule has 0 bridgehead atoms. The Kier molecular flexibility index (Phi) is 4.72. The average Bonchev–Trinajstić information content (AvgIpc) is 3.11. The van der Waals surface area contributed by atoms with E-state index >= 15 is 0 Å². The van der Waals surface area contributed by atoms with Crippen LogP contribution in [0.3, 0.4) is 0 Å². The van der Waals surface area contributed by atoms with Crippen molar-refractivity contribution in [3.8, 4) is 11.4 Å². The Hall–Kier alpha value is -2.93. The quantitative estimate of drug-likeness (QED) is 0.770. The van der Waals surface area contributed by atoms with Crippen LogP contribution in [0.1, 0.15) is 5.56 Å². The predicted molar refractivity (Wildman–Crippen MR) is 89.5 cm³/mol. The van der Waals surface area contributed by atoms with Gasteiger partial charge in [-0.15, -0.1) is 5.10 Å². The monoisotopic (exact) mass is 343 g/mol. The number of tetrazole rings is 1. The summed E-state index contributed by atoms with van der Waals surface area (Å²) < 4.78 is 7.00. The van der Waals surface area contributed by atoms with Crippen LogP contribution in [-0.4, -0.2) is 32.7 Å². The highest BCUT2D eigenvalue weighted by molar-refractivity contribution is 6.30. The van der Waals surface area contributed by atoms with Gasteiger partial charge in [0, 0.05) is 10.7 Å². The maximum absolute atomic E-state index is 12.0. The van der Waals surface area contributed by atoms with Crippen LogP contribution in [0, 0.1) is 6.92 Å². The number of halogens is 1. The van der Waals surface area contributed by atoms with Crippen molar-refractivity contribution in [3.05, 3.63) is 59.4 Å². The van der Waals surface area contributed by atoms with Crippen molar-refractivity contribution < 1.29 is 9.53 Å². The van der Waals surface area contributed by atoms with Gasteiger partial charge in [-0.1, -0.05) is 11.6 Å². The number of carbonyl (C=O) groups excluding carboxylic acids is 1. The number of hydrogen-bond acceptors (Lipinski definition) is 5. The van der Waals surface area contributed by atoms with Crippen molar-refractivity contribution in [1.29, 1.82) is 0 Å². The van der Waals surface area contributed by atoms with Gasteiger partial charge in [0.25, 0.3) is 5.91 Å². The van der Waals surface area contributed by atoms with Gasteiger partial charge >= 0.3 is 0 Å². The van der Waals surface area contributed by atoms with Gasteiger partial charge in [-0.2, -0.15) is 0 Å². The first-order valence-electron chi connectivity index (χ1n) is 7.14. The minimum atomic E-state index is -0.245. The second-order valence-corrected chi connectivity index (χ2v) is 5.48. The second-order valence-electron chi connectivity index (χ2n) is 5.04. The molecule has 0 aliphatic carbocycles. The van der Waals surface area contributed by atoms with E-state index < -0.39 is 0 Å². The molecule has 24 heavy (non-hydrogen) atoms. The molecule has 1 aromatic heterocycles. The van der Waals surface area contributed by atoms with Crippen LogP contribution in [0.25, 0.3) is 5.69 Å². The maximum atomic E-state index is 12.0. The van der Waals surface area contributed by atoms with E-state index in [2.05, 4.69) is 20.8 Å². The van der Waals surface area contributed by atoms with Crippen LogP contribution in [0.4, 0.5) is 5.69 Å². The molecule has 1 heterocycles. The highest BCUT2D eigenvalue weighted by Gasteiger charge is 2.07. The van der Waals surface area contributed by atoms with Crippen molar-refractivity contribution >= 4 is 23.2 Å². The van der Waals surface area contributed by atoms with E-state index in [1.165, 1.54) is 11.0 Å². The van der Waals surface area contributed by atoms with Crippen molar-refractivity contribution in [3.63, 3.8) is 0 Å². The molecule has 0 aliphatic rings. The lowest BCUT2D eigenvalue weighted by molar-refractivity contribution is -0.118. The van der Waals surface area contributed by atoms with Gasteiger partial charge in [-0.25, -0.2) is 4.68 Å². The van der Waals surface area contributed by atoms with Gasteiger partial charge in [0.1, 0.15) is 12.1 Å². The molecule has 0 fully saturated rings. The molecule has 2 aromatic carbocycles. The van der Waals surface area contributed by atoms with Crippen LogP contribution in [0.15, 0.2) is 48.8 Å². The summed E-state index contributed by atoms with van der Waals surface area (Å²) in [5.74, 6) is 0.333. The van der Waals surface area contributed by atoms with Gasteiger partial charge in [0.2, 0.25) is 0 Å². The van der Waals surface area contributed by atoms with Crippen molar-refractivity contribution in [2.75, 3.05) is 11.9 Å². The first-order chi connectivity index (χ1) is 11.6. The molecule has 8 heteroatoms. The molecule has 1 amide bonds. The SMILES string of the molecule is Cc1cc(Cl)ccc1NC(=O)COc1ccc(-n2cnnn2)cc1. The molecule has 0 aliphatic heterocycles. The van der Waals surface area contributed by atoms with E-state index in [0.717, 1.165) is 11.3 Å². The van der Waals surface area contributed by atoms with Crippen LogP contribution in [-0.2, 0) is 4.79 Å². The number of hydrogen-bond donors (Lipinski definition) is 1. The topological polar surface area (TPSA) is 81.9 Å². The van der Waals surface area contributed by atoms with Gasteiger partial charge in [-0.05, 0) is 65.4 Å². The number of aromatic nitrogens is 4. The molecule has 7 nitrogen and oxygen atoms in total. The number of nitrogens with one attached hydrogen (secondary N) is 1. The summed E-state index contributed by atoms with van der Waals surface area (Å²) >= 11 is 5.89. The number of benzene rings is 2. The van der Waals surface area contributed by atoms with Crippen LogP contribution in [0.5, 0.6) is 5.75 Å². The number of aryl methyl sites for hydroxylation is 1. The molecular weight excluding hydrogens is 330 g/mol. The van der Waals surface area contributed by atoms with E-state index in [1.54, 1.807) is 42.5 Å². The fourth-order valence-corrected chi connectivity index (χ4v) is 2.30. The van der Waals surface area contributed by atoms with Gasteiger partial charge in [0.05, 0.1) is 5.69 Å². The highest BCUT2D eigenvalue weighted by Crippen LogP contribution is 2.19. The first-order valence-corrected chi connectivity index (χ1v) is 7.52. The summed E-state index contributed by atoms with van der Waals surface area (Å²) in [7, 11) is 0. The number of carbonyl (C=O) groups is 1. The van der Waals surface area contributed by atoms with Crippen molar-refractivity contribution in [2.45, 2.75) is 6.92 Å². The third-order valence-electron chi connectivity index (χ3n) is 3.28. The van der Waals surface area contributed by atoms with Crippen LogP contribution >= 0.6 is 11.6 Å². The fourth-order valence-electron chi connectivity index (χ4n) is 2.08. The van der Waals surface area contributed by atoms with Crippen LogP contribution in [0.2, 0.25) is 5.02 Å². The number of amides is 1. The molecule has 0 spiro atoms. The van der Waals surface area contributed by atoms with E-state index in [4.69, 9.17) is 16.3 Å². The fraction of sp³-hybridized carbons (Fsp3) is 0.125. The lowest BCUT2D eigenvalue weighted by atomic mass is 10.2. The molecule has 0 atom stereocenters. The summed E-state index contributed by atoms with van der Waals surface area (Å²) in [5.41, 5.74) is 2.40. The zero-order valence-corrected chi connectivity index (χ0v) is 13.6. The summed E-state index contributed by atoms with van der Waals surface area (Å²) in [4.78, 5) is 12.0. The Bertz CT molecular complexity index is 834. The van der Waals surface area contributed by atoms with E-state index in [1.807, 2.05) is 6.92 Å². The van der Waals surface area contributed by atoms with E-state index in [9.17, 15) is 4.79 Å². The molecule has 0 radical (unpaired) electrons. The van der Waals surface area contributed by atoms with Gasteiger partial charge in [0.15, 0.2) is 6.61 Å². The van der Waals surface area contributed by atoms with Crippen molar-refractivity contribution in [2.24, 2.45) is 0 Å². The summed E-state index contributed by atoms with van der Waals surface area (Å²) in [6.07, 6.45) is 1.50. The average molecular weight is 344 g/mol. The Morgan fingerprint density at radius 3 is 2.71 bits per heavy atom. The Balaban J connectivity index is 1.56. The molecule has 1 N–H and O–H groups in total. The summed E-state index contributed by atoms with van der Waals surface area (Å²) in [6.45, 7) is 1.78. The third-order valence-corrected chi connectivity index (χ3v) is 3.52. The third kappa shape index (κ3) is 3.88. The maximum Gasteiger partial charge on any atom is 0.262 e. The van der Waals surface area contributed by atoms with Crippen molar-refractivity contribution in [1.82, 2.24) is 20.2 Å². The molecule has 3 rings (SSSR count). The molecule has 122 valence electrons. The molecule has 3 aromatic rings. The lowest BCUT2D eigenvalue weighted by Crippen LogP contribution is -2.20. The van der Waals surface area contributed by atoms with E-state index in [-0.39, 0.29) is 12.5 Å². The molecular formula is C16H14ClN5O2. The Morgan fingerprint density at radius 1 is 1.25 bits per heavy atom.